The van der Waals surface area contributed by atoms with E-state index in [1.807, 2.05) is 20.8 Å². The molecule has 25 nitrogen and oxygen atoms in total. The van der Waals surface area contributed by atoms with Crippen molar-refractivity contribution in [2.24, 2.45) is 43.9 Å². The van der Waals surface area contributed by atoms with Crippen molar-refractivity contribution < 1.29 is 77.6 Å². The summed E-state index contributed by atoms with van der Waals surface area (Å²) in [6.07, 6.45) is 5.18. The molecular weight excluding hydrogens is 1530 g/mol. The van der Waals surface area contributed by atoms with Gasteiger partial charge < -0.3 is 39.6 Å². The lowest BCUT2D eigenvalue weighted by molar-refractivity contribution is -0.120. The van der Waals surface area contributed by atoms with Crippen LogP contribution in [0.25, 0.3) is 56.1 Å². The van der Waals surface area contributed by atoms with Gasteiger partial charge in [-0.25, -0.2) is 64.4 Å². The number of alkyl halides is 6. The Kier molecular flexibility index (Phi) is 23.1. The predicted molar refractivity (Wildman–Crippen MR) is 418 cm³/mol. The summed E-state index contributed by atoms with van der Waals surface area (Å²) in [5.41, 5.74) is 8.80. The van der Waals surface area contributed by atoms with Crippen LogP contribution in [0.2, 0.25) is 0 Å². The molecular formula is C83H86F9N17O8. The summed E-state index contributed by atoms with van der Waals surface area (Å²) < 4.78 is 167. The molecule has 34 heteroatoms. The fraction of sp³-hybridized carbons (Fsp3) is 0.422. The van der Waals surface area contributed by atoms with Crippen LogP contribution in [0, 0.1) is 56.0 Å². The van der Waals surface area contributed by atoms with Crippen LogP contribution in [-0.2, 0) is 70.7 Å². The minimum absolute atomic E-state index is 0.00362. The summed E-state index contributed by atoms with van der Waals surface area (Å²) in [4.78, 5) is 64.2. The van der Waals surface area contributed by atoms with Crippen molar-refractivity contribution >= 4 is 85.2 Å². The van der Waals surface area contributed by atoms with Gasteiger partial charge in [-0.2, -0.15) is 15.3 Å². The minimum atomic E-state index is -2.88. The lowest BCUT2D eigenvalue weighted by atomic mass is 10.1. The number of aliphatic imine (C=N–C) groups is 1. The monoisotopic (exact) mass is 1620 g/mol. The number of hydrogen-bond donors (Lipinski definition) is 3. The van der Waals surface area contributed by atoms with Gasteiger partial charge in [-0.1, -0.05) is 0 Å². The van der Waals surface area contributed by atoms with Crippen molar-refractivity contribution in [2.45, 2.75) is 155 Å². The van der Waals surface area contributed by atoms with E-state index in [1.165, 1.54) is 30.5 Å². The first kappa shape index (κ1) is 80.6. The molecule has 0 spiro atoms. The Morgan fingerprint density at radius 3 is 1.12 bits per heavy atom. The van der Waals surface area contributed by atoms with Crippen LogP contribution in [0.1, 0.15) is 153 Å². The number of imidazole rings is 2. The van der Waals surface area contributed by atoms with Crippen LogP contribution in [-0.4, -0.2) is 127 Å². The van der Waals surface area contributed by atoms with E-state index in [2.05, 4.69) is 61.2 Å². The molecule has 6 aliphatic rings. The highest BCUT2D eigenvalue weighted by Crippen LogP contribution is 2.47. The molecule has 3 N–H and O–H groups in total. The molecule has 0 amide bonds. The average Bonchev–Trinajstić information content (AvgIpc) is 1.61. The Hall–Kier alpha value is -11.6. The van der Waals surface area contributed by atoms with Crippen molar-refractivity contribution in [1.29, 1.82) is 0 Å². The second-order valence-corrected chi connectivity index (χ2v) is 30.3. The van der Waals surface area contributed by atoms with E-state index in [4.69, 9.17) is 23.7 Å². The molecule has 614 valence electrons. The first-order valence-electron chi connectivity index (χ1n) is 38.8. The van der Waals surface area contributed by atoms with E-state index < -0.39 is 60.8 Å². The minimum Gasteiger partial charge on any atom is -0.492 e. The molecule has 0 radical (unpaired) electrons. The fourth-order valence-corrected chi connectivity index (χ4v) is 15.3. The second kappa shape index (κ2) is 33.6. The van der Waals surface area contributed by atoms with Crippen molar-refractivity contribution in [2.75, 3.05) is 50.5 Å². The van der Waals surface area contributed by atoms with Gasteiger partial charge in [0.1, 0.15) is 46.5 Å². The molecule has 3 saturated carbocycles. The summed E-state index contributed by atoms with van der Waals surface area (Å²) >= 11 is 0. The highest BCUT2D eigenvalue weighted by atomic mass is 19.3. The number of nitrogens with zero attached hydrogens (tertiary/aromatic N) is 14. The van der Waals surface area contributed by atoms with Crippen LogP contribution in [0.5, 0.6) is 17.2 Å². The number of aryl methyl sites for hydroxylation is 6. The zero-order valence-corrected chi connectivity index (χ0v) is 65.7. The van der Waals surface area contributed by atoms with Gasteiger partial charge in [0.05, 0.1) is 101 Å². The van der Waals surface area contributed by atoms with Crippen molar-refractivity contribution in [1.82, 2.24) is 63.4 Å². The Bertz CT molecular complexity index is 5450. The van der Waals surface area contributed by atoms with Gasteiger partial charge in [-0.3, -0.25) is 42.5 Å². The maximum Gasteiger partial charge on any atom is 0.295 e. The normalized spacial score (nSPS) is 16.6. The number of pyridine rings is 3. The molecule has 2 saturated heterocycles. The molecule has 2 atom stereocenters. The molecule has 11 aromatic rings. The Balaban J connectivity index is 0.000000138. The van der Waals surface area contributed by atoms with Crippen molar-refractivity contribution in [3.8, 4) is 51.0 Å². The number of methoxy groups -OCH3 is 3. The topological polar surface area (TPSA) is 274 Å². The third kappa shape index (κ3) is 16.9. The number of benzene rings is 3. The quantitative estimate of drug-likeness (QED) is 0.0425. The second-order valence-electron chi connectivity index (χ2n) is 30.3. The zero-order chi connectivity index (χ0) is 82.5. The molecule has 17 rings (SSSR count). The van der Waals surface area contributed by atoms with E-state index in [0.29, 0.717) is 83.0 Å². The Morgan fingerprint density at radius 2 is 0.812 bits per heavy atom. The largest absolute Gasteiger partial charge is 0.492 e. The van der Waals surface area contributed by atoms with E-state index in [1.54, 1.807) is 108 Å². The third-order valence-corrected chi connectivity index (χ3v) is 21.4. The highest BCUT2D eigenvalue weighted by molar-refractivity contribution is 5.99. The number of Topliss-reactive ketones (excluding diaryl/α,β-unsaturated/α-hetero) is 3. The summed E-state index contributed by atoms with van der Waals surface area (Å²) in [6.45, 7) is 6.40. The average molecular weight is 1620 g/mol. The van der Waals surface area contributed by atoms with Gasteiger partial charge >= 0.3 is 0 Å². The lowest BCUT2D eigenvalue weighted by Crippen LogP contribution is -2.21. The molecule has 117 heavy (non-hydrogen) atoms. The predicted octanol–water partition coefficient (Wildman–Crippen LogP) is 17.5. The van der Waals surface area contributed by atoms with Crippen molar-refractivity contribution in [3.63, 3.8) is 0 Å². The van der Waals surface area contributed by atoms with Crippen molar-refractivity contribution in [3.05, 3.63) is 142 Å². The summed E-state index contributed by atoms with van der Waals surface area (Å²) in [6, 6.07) is 14.5. The van der Waals surface area contributed by atoms with Crippen LogP contribution in [0.3, 0.4) is 0 Å². The summed E-state index contributed by atoms with van der Waals surface area (Å²) in [5, 5.41) is 22.4. The number of carbonyl (C=O) groups is 3. The van der Waals surface area contributed by atoms with Crippen LogP contribution < -0.4 is 30.2 Å². The van der Waals surface area contributed by atoms with Gasteiger partial charge in [0.15, 0.2) is 57.6 Å². The fourth-order valence-electron chi connectivity index (χ4n) is 15.3. The maximum absolute atomic E-state index is 15.8. The zero-order valence-electron chi connectivity index (χ0n) is 65.7. The molecule has 8 aromatic heterocycles. The van der Waals surface area contributed by atoms with E-state index in [9.17, 15) is 40.7 Å². The molecule has 0 bridgehead atoms. The molecule has 5 fully saturated rings. The number of aromatic nitrogens is 13. The molecule has 2 unspecified atom stereocenters. The van der Waals surface area contributed by atoms with Crippen LogP contribution >= 0.6 is 0 Å². The number of fused-ring (bicyclic) bond motifs is 3. The summed E-state index contributed by atoms with van der Waals surface area (Å²) in [5.74, 6) is -2.74. The van der Waals surface area contributed by atoms with E-state index >= 15 is 13.2 Å². The van der Waals surface area contributed by atoms with Crippen LogP contribution in [0.15, 0.2) is 78.2 Å². The lowest BCUT2D eigenvalue weighted by Gasteiger charge is -2.25. The number of halogens is 9. The van der Waals surface area contributed by atoms with Gasteiger partial charge in [-0.15, -0.1) is 0 Å². The number of rotatable bonds is 26. The molecule has 3 aliphatic carbocycles. The van der Waals surface area contributed by atoms with E-state index in [-0.39, 0.29) is 146 Å². The van der Waals surface area contributed by atoms with Crippen LogP contribution in [0.4, 0.5) is 79.3 Å². The third-order valence-electron chi connectivity index (χ3n) is 21.4. The maximum atomic E-state index is 15.8. The standard InChI is InChI=1S/2C29H31F3N6O3.C25H24F3N5O2/c2*1-15-14-37(2)36-24(15)18-9-10-19(26(40-3)23(18)30)34-20-12-17(13-21(39)16-7-8-16)33-28-25(20)35-29(27(31)32)38(28)22-6-4-5-11-41-22;1-12-11-33(2)32-22(12)15-6-7-16(24(35-3)21(15)26)30-17-8-14(9-20(34)13-4-5-13)29-18-10-19(25(27)28)31-23(17)18/h2*9-10,12,14,16,22,27H,4-8,11,13H2,1-3H3,(H,33,34);6-8,11,13,25H,4-5,9-10H2,1-3H3,(H,29,30). The van der Waals surface area contributed by atoms with Gasteiger partial charge in [-0.05, 0) is 169 Å². The number of anilines is 6. The van der Waals surface area contributed by atoms with Gasteiger partial charge in [0, 0.05) is 113 Å². The number of nitrogens with one attached hydrogen (secondary N) is 3. The molecule has 3 aliphatic heterocycles. The van der Waals surface area contributed by atoms with Gasteiger partial charge in [0.25, 0.3) is 19.3 Å². The first-order valence-corrected chi connectivity index (χ1v) is 38.8. The Morgan fingerprint density at radius 1 is 0.462 bits per heavy atom. The van der Waals surface area contributed by atoms with E-state index in [0.717, 1.165) is 80.9 Å². The molecule has 11 heterocycles. The smallest absolute Gasteiger partial charge is 0.295 e. The van der Waals surface area contributed by atoms with Gasteiger partial charge in [0.2, 0.25) is 0 Å². The molecule has 3 aromatic carbocycles. The first-order chi connectivity index (χ1) is 56.2. The SMILES string of the molecule is COc1c(Nc2cc(CC(=O)C3CC3)nc3c2N=C(C(F)F)C3)ccc(-c2nn(C)cc2C)c1F.COc1c(Nc2cc(CC(=O)C3CC3)nc3c2nc(C(F)F)n3C2CCCCO2)ccc(-c2nn(C)cc2C)c1F.COc1c(Nc2cc(CC(=O)C3CC3)nc3c2nc(C(F)F)n3C2CCCCO2)ccc(-c2nn(C)cc2C)c1F. The number of carbonyl (C=O) groups excluding carboxylic acids is 3. The summed E-state index contributed by atoms with van der Waals surface area (Å²) in [7, 11) is 9.32. The number of ketones is 3. The Labute approximate surface area is 665 Å². The number of ether oxygens (including phenoxy) is 5. The number of hydrogen-bond acceptors (Lipinski definition) is 20. The highest BCUT2D eigenvalue weighted by Gasteiger charge is 2.37.